The molecule has 0 saturated carbocycles. The fourth-order valence-electron chi connectivity index (χ4n) is 3.73. The third kappa shape index (κ3) is 4.80. The van der Waals surface area contributed by atoms with Crippen LogP contribution in [0.3, 0.4) is 0 Å². The highest BCUT2D eigenvalue weighted by Crippen LogP contribution is 2.25. The van der Waals surface area contributed by atoms with Crippen molar-refractivity contribution in [2.24, 2.45) is 0 Å². The minimum atomic E-state index is -0.115. The van der Waals surface area contributed by atoms with E-state index in [-0.39, 0.29) is 18.4 Å². The number of ether oxygens (including phenoxy) is 1. The third-order valence-corrected chi connectivity index (χ3v) is 5.68. The van der Waals surface area contributed by atoms with Crippen LogP contribution in [0.4, 0.5) is 0 Å². The summed E-state index contributed by atoms with van der Waals surface area (Å²) in [6.45, 7) is 1.90. The van der Waals surface area contributed by atoms with E-state index in [0.29, 0.717) is 41.5 Å². The van der Waals surface area contributed by atoms with Gasteiger partial charge in [0.2, 0.25) is 0 Å². The van der Waals surface area contributed by atoms with Crippen molar-refractivity contribution in [1.29, 1.82) is 0 Å². The van der Waals surface area contributed by atoms with Gasteiger partial charge in [0.05, 0.1) is 17.6 Å². The van der Waals surface area contributed by atoms with Crippen LogP contribution in [0.15, 0.2) is 54.7 Å². The normalized spacial score (nSPS) is 15.6. The summed E-state index contributed by atoms with van der Waals surface area (Å²) in [5.74, 6) is 0.328. The summed E-state index contributed by atoms with van der Waals surface area (Å²) in [5.41, 5.74) is 1.93. The molecule has 2 amide bonds. The van der Waals surface area contributed by atoms with E-state index >= 15 is 0 Å². The summed E-state index contributed by atoms with van der Waals surface area (Å²) in [7, 11) is 1.77. The Balaban J connectivity index is 1.56. The predicted octanol–water partition coefficient (Wildman–Crippen LogP) is 4.28. The zero-order valence-electron chi connectivity index (χ0n) is 17.4. The number of nitrogens with zero attached hydrogens (tertiary/aromatic N) is 3. The number of rotatable bonds is 1. The molecule has 7 heteroatoms. The highest BCUT2D eigenvalue weighted by molar-refractivity contribution is 6.31. The van der Waals surface area contributed by atoms with Crippen LogP contribution < -0.4 is 4.74 Å². The van der Waals surface area contributed by atoms with Crippen molar-refractivity contribution in [2.75, 3.05) is 33.3 Å². The van der Waals surface area contributed by atoms with Gasteiger partial charge in [-0.1, -0.05) is 17.7 Å². The molecule has 0 atom stereocenters. The second kappa shape index (κ2) is 9.35. The Hall–Kier alpha value is -3.12. The number of hydrogen-bond donors (Lipinski definition) is 0. The molecule has 0 radical (unpaired) electrons. The molecule has 1 aliphatic heterocycles. The molecule has 0 N–H and O–H groups in total. The van der Waals surface area contributed by atoms with E-state index in [0.717, 1.165) is 23.7 Å². The van der Waals surface area contributed by atoms with Crippen molar-refractivity contribution >= 4 is 34.3 Å². The van der Waals surface area contributed by atoms with Crippen LogP contribution in [0.2, 0.25) is 5.02 Å². The van der Waals surface area contributed by atoms with E-state index < -0.39 is 0 Å². The van der Waals surface area contributed by atoms with Gasteiger partial charge >= 0.3 is 0 Å². The van der Waals surface area contributed by atoms with Crippen molar-refractivity contribution < 1.29 is 14.3 Å². The van der Waals surface area contributed by atoms with E-state index in [1.165, 1.54) is 0 Å². The number of carbonyl (C=O) groups is 2. The van der Waals surface area contributed by atoms with Crippen LogP contribution in [0.1, 0.15) is 33.6 Å². The zero-order valence-corrected chi connectivity index (χ0v) is 18.1. The van der Waals surface area contributed by atoms with E-state index in [4.69, 9.17) is 16.3 Å². The van der Waals surface area contributed by atoms with Crippen LogP contribution in [0, 0.1) is 0 Å². The van der Waals surface area contributed by atoms with Gasteiger partial charge in [-0.25, -0.2) is 0 Å². The van der Waals surface area contributed by atoms with E-state index in [1.54, 1.807) is 36.3 Å². The molecule has 0 aliphatic carbocycles. The first-order valence-electron chi connectivity index (χ1n) is 10.3. The number of amides is 2. The molecule has 6 nitrogen and oxygen atoms in total. The molecule has 4 rings (SSSR count). The van der Waals surface area contributed by atoms with Gasteiger partial charge in [0.1, 0.15) is 12.4 Å². The van der Waals surface area contributed by atoms with Crippen LogP contribution in [-0.2, 0) is 0 Å². The molecular weight excluding hydrogens is 414 g/mol. The lowest BCUT2D eigenvalue weighted by atomic mass is 10.1. The van der Waals surface area contributed by atoms with Gasteiger partial charge in [-0.05, 0) is 55.3 Å². The number of benzene rings is 2. The average molecular weight is 438 g/mol. The summed E-state index contributed by atoms with van der Waals surface area (Å²) in [4.78, 5) is 33.8. The summed E-state index contributed by atoms with van der Waals surface area (Å²) in [6.07, 6.45) is 3.33. The van der Waals surface area contributed by atoms with Crippen LogP contribution >= 0.6 is 11.6 Å². The Morgan fingerprint density at radius 2 is 1.90 bits per heavy atom. The quantitative estimate of drug-likeness (QED) is 0.570. The van der Waals surface area contributed by atoms with Gasteiger partial charge in [0.15, 0.2) is 0 Å². The largest absolute Gasteiger partial charge is 0.491 e. The first-order valence-corrected chi connectivity index (χ1v) is 10.7. The first kappa shape index (κ1) is 21.1. The minimum absolute atomic E-state index is 0.0350. The zero-order chi connectivity index (χ0) is 21.8. The maximum atomic E-state index is 13.2. The molecule has 3 aromatic rings. The number of hydrogen-bond acceptors (Lipinski definition) is 4. The maximum absolute atomic E-state index is 13.2. The highest BCUT2D eigenvalue weighted by atomic mass is 35.5. The summed E-state index contributed by atoms with van der Waals surface area (Å²) in [6, 6.07) is 14.4. The molecule has 0 saturated heterocycles. The van der Waals surface area contributed by atoms with Crippen molar-refractivity contribution in [3.05, 3.63) is 70.9 Å². The van der Waals surface area contributed by atoms with Gasteiger partial charge in [0.25, 0.3) is 11.8 Å². The monoisotopic (exact) mass is 437 g/mol. The number of carbonyl (C=O) groups excluding carboxylic acids is 2. The van der Waals surface area contributed by atoms with Gasteiger partial charge < -0.3 is 14.5 Å². The van der Waals surface area contributed by atoms with Crippen LogP contribution in [0.5, 0.6) is 5.75 Å². The number of pyridine rings is 1. The van der Waals surface area contributed by atoms with Gasteiger partial charge in [-0.3, -0.25) is 14.6 Å². The summed E-state index contributed by atoms with van der Waals surface area (Å²) in [5, 5.41) is 1.42. The van der Waals surface area contributed by atoms with Gasteiger partial charge in [0, 0.05) is 42.3 Å². The molecule has 2 aromatic carbocycles. The Morgan fingerprint density at radius 3 is 2.77 bits per heavy atom. The van der Waals surface area contributed by atoms with Gasteiger partial charge in [-0.15, -0.1) is 0 Å². The standard InChI is InChI=1S/C24H24ClN3O3/c1-27-11-2-3-12-28(13-14-31-22-9-7-19(25)16-20(22)24(27)30)23(29)18-6-8-21-17(15-18)5-4-10-26-21/h4-10,15-16H,2-3,11-14H2,1H3. The molecule has 1 aliphatic rings. The van der Waals surface area contributed by atoms with Crippen LogP contribution in [-0.4, -0.2) is 59.9 Å². The molecule has 2 heterocycles. The summed E-state index contributed by atoms with van der Waals surface area (Å²) < 4.78 is 5.91. The summed E-state index contributed by atoms with van der Waals surface area (Å²) >= 11 is 6.11. The van der Waals surface area contributed by atoms with E-state index in [2.05, 4.69) is 4.98 Å². The molecule has 0 fully saturated rings. The molecule has 0 unspecified atom stereocenters. The molecule has 0 bridgehead atoms. The first-order chi connectivity index (χ1) is 15.0. The van der Waals surface area contributed by atoms with Crippen molar-refractivity contribution in [2.45, 2.75) is 12.8 Å². The maximum Gasteiger partial charge on any atom is 0.257 e. The lowest BCUT2D eigenvalue weighted by Gasteiger charge is -2.26. The molecule has 160 valence electrons. The lowest BCUT2D eigenvalue weighted by Crippen LogP contribution is -2.37. The van der Waals surface area contributed by atoms with E-state index in [9.17, 15) is 9.59 Å². The topological polar surface area (TPSA) is 62.7 Å². The Morgan fingerprint density at radius 1 is 1.06 bits per heavy atom. The van der Waals surface area contributed by atoms with Crippen molar-refractivity contribution in [1.82, 2.24) is 14.8 Å². The number of halogens is 1. The highest BCUT2D eigenvalue weighted by Gasteiger charge is 2.21. The molecule has 31 heavy (non-hydrogen) atoms. The van der Waals surface area contributed by atoms with Crippen LogP contribution in [0.25, 0.3) is 10.9 Å². The Kier molecular flexibility index (Phi) is 6.37. The number of aromatic nitrogens is 1. The second-order valence-corrected chi connectivity index (χ2v) is 8.06. The fourth-order valence-corrected chi connectivity index (χ4v) is 3.90. The third-order valence-electron chi connectivity index (χ3n) is 5.45. The second-order valence-electron chi connectivity index (χ2n) is 7.63. The SMILES string of the molecule is CN1CCCCN(C(=O)c2ccc3ncccc3c2)CCOc2ccc(Cl)cc2C1=O. The molecular formula is C24H24ClN3O3. The van der Waals surface area contributed by atoms with E-state index in [1.807, 2.05) is 35.2 Å². The lowest BCUT2D eigenvalue weighted by molar-refractivity contribution is 0.0704. The number of fused-ring (bicyclic) bond motifs is 2. The molecule has 1 aromatic heterocycles. The Labute approximate surface area is 186 Å². The Bertz CT molecular complexity index is 1120. The van der Waals surface area contributed by atoms with Crippen molar-refractivity contribution in [3.8, 4) is 5.75 Å². The predicted molar refractivity (Wildman–Crippen MR) is 121 cm³/mol. The van der Waals surface area contributed by atoms with Crippen molar-refractivity contribution in [3.63, 3.8) is 0 Å². The smallest absolute Gasteiger partial charge is 0.257 e. The fraction of sp³-hybridized carbons (Fsp3) is 0.292. The van der Waals surface area contributed by atoms with Gasteiger partial charge in [-0.2, -0.15) is 0 Å². The minimum Gasteiger partial charge on any atom is -0.491 e. The average Bonchev–Trinajstić information content (AvgIpc) is 2.79. The molecule has 0 spiro atoms.